The summed E-state index contributed by atoms with van der Waals surface area (Å²) in [5, 5.41) is 4.38. The molecule has 0 fully saturated rings. The minimum Gasteiger partial charge on any atom is -0.446 e. The van der Waals surface area contributed by atoms with Crippen LogP contribution in [0.15, 0.2) is 40.6 Å². The first kappa shape index (κ1) is 23.0. The number of benzene rings is 1. The van der Waals surface area contributed by atoms with Crippen molar-refractivity contribution in [2.45, 2.75) is 46.4 Å². The average molecular weight is 440 g/mol. The lowest BCUT2D eigenvalue weighted by atomic mass is 10.0. The van der Waals surface area contributed by atoms with Gasteiger partial charge in [-0.2, -0.15) is 5.10 Å². The quantitative estimate of drug-likeness (QED) is 0.548. The summed E-state index contributed by atoms with van der Waals surface area (Å²) >= 11 is 0. The number of nitrogens with zero attached hydrogens (tertiary/aromatic N) is 6. The van der Waals surface area contributed by atoms with Crippen LogP contribution in [0.4, 0.5) is 16.2 Å². The molecule has 10 heteroatoms. The number of aliphatic imine (C=N–C) groups is 2. The second-order valence-corrected chi connectivity index (χ2v) is 7.80. The van der Waals surface area contributed by atoms with Gasteiger partial charge in [-0.25, -0.2) is 9.79 Å². The van der Waals surface area contributed by atoms with E-state index in [1.54, 1.807) is 20.7 Å². The summed E-state index contributed by atoms with van der Waals surface area (Å²) in [7, 11) is 0. The maximum Gasteiger partial charge on any atom is 0.414 e. The third-order valence-electron chi connectivity index (χ3n) is 4.97. The molecule has 0 spiro atoms. The Labute approximate surface area is 187 Å². The van der Waals surface area contributed by atoms with Crippen molar-refractivity contribution in [1.29, 1.82) is 0 Å². The Morgan fingerprint density at radius 2 is 2.09 bits per heavy atom. The van der Waals surface area contributed by atoms with Gasteiger partial charge in [0.1, 0.15) is 6.34 Å². The Balaban J connectivity index is 1.91. The maximum atomic E-state index is 12.8. The standard InChI is InChI=1S/C22H29N7O3/c1-15(2)32-22(31)28-11-16(3)29(17(4)30)20-6-5-18(9-21(20)28)19-10-26-27(12-19)8-7-24-14-25-13-23/h5-6,9-10,12-16H,7-8,11H2,1-4H3,(H2,23,24,25)/t16-/m0/s1. The molecule has 0 bridgehead atoms. The Kier molecular flexibility index (Phi) is 7.24. The van der Waals surface area contributed by atoms with Gasteiger partial charge in [-0.05, 0) is 38.5 Å². The number of ether oxygens (including phenoxy) is 1. The van der Waals surface area contributed by atoms with Gasteiger partial charge in [0, 0.05) is 25.2 Å². The van der Waals surface area contributed by atoms with Crippen LogP contribution in [0, 0.1) is 0 Å². The summed E-state index contributed by atoms with van der Waals surface area (Å²) in [6.07, 6.45) is 5.58. The minimum atomic E-state index is -0.429. The molecule has 1 aliphatic rings. The van der Waals surface area contributed by atoms with Crippen molar-refractivity contribution >= 4 is 36.1 Å². The van der Waals surface area contributed by atoms with E-state index in [0.29, 0.717) is 31.0 Å². The summed E-state index contributed by atoms with van der Waals surface area (Å²) in [5.41, 5.74) is 8.26. The smallest absolute Gasteiger partial charge is 0.414 e. The molecule has 3 rings (SSSR count). The molecule has 1 aromatic carbocycles. The molecule has 2 N–H and O–H groups in total. The van der Waals surface area contributed by atoms with Gasteiger partial charge in [-0.3, -0.25) is 19.4 Å². The molecule has 0 unspecified atom stereocenters. The summed E-state index contributed by atoms with van der Waals surface area (Å²) in [6, 6.07) is 5.52. The van der Waals surface area contributed by atoms with Crippen LogP contribution in [0.2, 0.25) is 0 Å². The molecule has 10 nitrogen and oxygen atoms in total. The van der Waals surface area contributed by atoms with Crippen molar-refractivity contribution < 1.29 is 14.3 Å². The molecule has 170 valence electrons. The highest BCUT2D eigenvalue weighted by atomic mass is 16.6. The van der Waals surface area contributed by atoms with Crippen LogP contribution in [-0.2, 0) is 16.1 Å². The molecule has 32 heavy (non-hydrogen) atoms. The molecular formula is C22H29N7O3. The molecule has 0 aliphatic carbocycles. The fourth-order valence-corrected chi connectivity index (χ4v) is 3.66. The van der Waals surface area contributed by atoms with Crippen LogP contribution < -0.4 is 15.5 Å². The van der Waals surface area contributed by atoms with Crippen molar-refractivity contribution in [1.82, 2.24) is 9.78 Å². The van der Waals surface area contributed by atoms with Crippen LogP contribution >= 0.6 is 0 Å². The highest BCUT2D eigenvalue weighted by molar-refractivity contribution is 6.03. The van der Waals surface area contributed by atoms with Gasteiger partial charge in [0.25, 0.3) is 0 Å². The SMILES string of the molecule is CC(=O)N1c2ccc(-c3cnn(CCN=CN=CN)c3)cc2N(C(=O)OC(C)C)C[C@@H]1C. The third kappa shape index (κ3) is 5.13. The zero-order valence-electron chi connectivity index (χ0n) is 18.8. The topological polar surface area (TPSA) is 118 Å². The zero-order chi connectivity index (χ0) is 23.3. The largest absolute Gasteiger partial charge is 0.446 e. The van der Waals surface area contributed by atoms with Crippen molar-refractivity contribution in [3.05, 3.63) is 30.6 Å². The van der Waals surface area contributed by atoms with E-state index in [1.165, 1.54) is 19.6 Å². The Morgan fingerprint density at radius 1 is 1.31 bits per heavy atom. The van der Waals surface area contributed by atoms with Gasteiger partial charge in [-0.15, -0.1) is 0 Å². The van der Waals surface area contributed by atoms with E-state index < -0.39 is 6.09 Å². The number of carbonyl (C=O) groups is 2. The van der Waals surface area contributed by atoms with E-state index in [1.807, 2.05) is 45.2 Å². The van der Waals surface area contributed by atoms with Crippen molar-refractivity contribution in [2.24, 2.45) is 15.7 Å². The lowest BCUT2D eigenvalue weighted by Gasteiger charge is -2.40. The second-order valence-electron chi connectivity index (χ2n) is 7.80. The van der Waals surface area contributed by atoms with Crippen LogP contribution in [0.5, 0.6) is 0 Å². The molecule has 0 saturated heterocycles. The first-order chi connectivity index (χ1) is 15.3. The number of rotatable bonds is 6. The van der Waals surface area contributed by atoms with E-state index in [2.05, 4.69) is 15.1 Å². The molecule has 2 heterocycles. The molecule has 1 aromatic heterocycles. The van der Waals surface area contributed by atoms with Crippen LogP contribution in [-0.4, -0.2) is 59.7 Å². The normalized spacial score (nSPS) is 16.2. The van der Waals surface area contributed by atoms with Gasteiger partial charge >= 0.3 is 6.09 Å². The molecule has 0 radical (unpaired) electrons. The Bertz CT molecular complexity index is 1030. The number of aromatic nitrogens is 2. The third-order valence-corrected chi connectivity index (χ3v) is 4.97. The van der Waals surface area contributed by atoms with E-state index >= 15 is 0 Å². The highest BCUT2D eigenvalue weighted by Gasteiger charge is 2.34. The number of nitrogens with two attached hydrogens (primary N) is 1. The zero-order valence-corrected chi connectivity index (χ0v) is 18.8. The summed E-state index contributed by atoms with van der Waals surface area (Å²) in [4.78, 5) is 36.2. The molecular weight excluding hydrogens is 410 g/mol. The highest BCUT2D eigenvalue weighted by Crippen LogP contribution is 2.39. The first-order valence-electron chi connectivity index (χ1n) is 10.5. The first-order valence-corrected chi connectivity index (χ1v) is 10.5. The minimum absolute atomic E-state index is 0.0734. The van der Waals surface area contributed by atoms with E-state index in [4.69, 9.17) is 10.5 Å². The lowest BCUT2D eigenvalue weighted by Crippen LogP contribution is -2.51. The fourth-order valence-electron chi connectivity index (χ4n) is 3.66. The number of amides is 2. The van der Waals surface area contributed by atoms with Crippen LogP contribution in [0.3, 0.4) is 0 Å². The van der Waals surface area contributed by atoms with Crippen molar-refractivity contribution in [2.75, 3.05) is 22.9 Å². The Morgan fingerprint density at radius 3 is 2.78 bits per heavy atom. The van der Waals surface area contributed by atoms with Gasteiger partial charge in [0.2, 0.25) is 5.91 Å². The molecule has 1 aliphatic heterocycles. The van der Waals surface area contributed by atoms with E-state index in [0.717, 1.165) is 11.1 Å². The maximum absolute atomic E-state index is 12.8. The molecule has 0 saturated carbocycles. The summed E-state index contributed by atoms with van der Waals surface area (Å²) in [5.74, 6) is -0.0734. The van der Waals surface area contributed by atoms with E-state index in [-0.39, 0.29) is 18.1 Å². The predicted octanol–water partition coefficient (Wildman–Crippen LogP) is 2.67. The van der Waals surface area contributed by atoms with Crippen molar-refractivity contribution in [3.63, 3.8) is 0 Å². The second kappa shape index (κ2) is 10.1. The van der Waals surface area contributed by atoms with Gasteiger partial charge in [0.05, 0.1) is 49.1 Å². The average Bonchev–Trinajstić information content (AvgIpc) is 3.20. The van der Waals surface area contributed by atoms with Crippen LogP contribution in [0.1, 0.15) is 27.7 Å². The monoisotopic (exact) mass is 439 g/mol. The van der Waals surface area contributed by atoms with Crippen molar-refractivity contribution in [3.8, 4) is 11.1 Å². The fraction of sp³-hybridized carbons (Fsp3) is 0.409. The number of hydrogen-bond donors (Lipinski definition) is 1. The van der Waals surface area contributed by atoms with Gasteiger partial charge in [0.15, 0.2) is 0 Å². The summed E-state index contributed by atoms with van der Waals surface area (Å²) < 4.78 is 7.23. The summed E-state index contributed by atoms with van der Waals surface area (Å²) in [6.45, 7) is 8.52. The van der Waals surface area contributed by atoms with E-state index in [9.17, 15) is 9.59 Å². The number of fused-ring (bicyclic) bond motifs is 1. The van der Waals surface area contributed by atoms with Gasteiger partial charge < -0.3 is 15.4 Å². The number of carbonyl (C=O) groups excluding carboxylic acids is 2. The number of anilines is 2. The van der Waals surface area contributed by atoms with Gasteiger partial charge in [-0.1, -0.05) is 6.07 Å². The Hall–Kier alpha value is -3.69. The predicted molar refractivity (Wildman–Crippen MR) is 125 cm³/mol. The lowest BCUT2D eigenvalue weighted by molar-refractivity contribution is -0.117. The molecule has 2 amide bonds. The number of hydrogen-bond acceptors (Lipinski definition) is 5. The molecule has 2 aromatic rings. The molecule has 1 atom stereocenters. The van der Waals surface area contributed by atoms with Crippen LogP contribution in [0.25, 0.3) is 11.1 Å².